The van der Waals surface area contributed by atoms with Gasteiger partial charge in [0, 0.05) is 12.6 Å². The van der Waals surface area contributed by atoms with Gasteiger partial charge in [0.05, 0.1) is 6.10 Å². The minimum absolute atomic E-state index is 0.0683. The fourth-order valence-electron chi connectivity index (χ4n) is 3.53. The van der Waals surface area contributed by atoms with E-state index in [1.165, 1.54) is 51.6 Å². The van der Waals surface area contributed by atoms with E-state index in [1.54, 1.807) is 0 Å². The Hall–Kier alpha value is -0.0800. The lowest BCUT2D eigenvalue weighted by Gasteiger charge is -2.33. The van der Waals surface area contributed by atoms with Gasteiger partial charge in [-0.3, -0.25) is 4.90 Å². The number of aliphatic hydroxyl groups excluding tert-OH is 1. The van der Waals surface area contributed by atoms with Crippen molar-refractivity contribution in [3.8, 4) is 0 Å². The normalized spacial score (nSPS) is 37.1. The molecule has 3 atom stereocenters. The van der Waals surface area contributed by atoms with Crippen molar-refractivity contribution in [3.05, 3.63) is 0 Å². The van der Waals surface area contributed by atoms with Crippen molar-refractivity contribution >= 4 is 0 Å². The second kappa shape index (κ2) is 6.19. The molecule has 1 heterocycles. The summed E-state index contributed by atoms with van der Waals surface area (Å²) in [5.74, 6) is 1.65. The van der Waals surface area contributed by atoms with Crippen molar-refractivity contribution in [3.63, 3.8) is 0 Å². The molecule has 2 nitrogen and oxygen atoms in total. The number of likely N-dealkylation sites (tertiary alicyclic amines) is 1. The predicted molar refractivity (Wildman–Crippen MR) is 72.0 cm³/mol. The van der Waals surface area contributed by atoms with Crippen LogP contribution in [0.25, 0.3) is 0 Å². The van der Waals surface area contributed by atoms with Crippen molar-refractivity contribution in [2.75, 3.05) is 13.1 Å². The molecule has 2 rings (SSSR count). The van der Waals surface area contributed by atoms with Crippen LogP contribution in [0.5, 0.6) is 0 Å². The monoisotopic (exact) mass is 239 g/mol. The van der Waals surface area contributed by atoms with Gasteiger partial charge in [0.15, 0.2) is 0 Å². The van der Waals surface area contributed by atoms with E-state index < -0.39 is 0 Å². The van der Waals surface area contributed by atoms with Gasteiger partial charge in [0.25, 0.3) is 0 Å². The Morgan fingerprint density at radius 1 is 1.00 bits per heavy atom. The number of hydrogen-bond donors (Lipinski definition) is 1. The van der Waals surface area contributed by atoms with Gasteiger partial charge in [-0.2, -0.15) is 0 Å². The third-order valence-corrected chi connectivity index (χ3v) is 4.86. The Labute approximate surface area is 106 Å². The molecule has 0 aromatic heterocycles. The second-order valence-electron chi connectivity index (χ2n) is 6.41. The average molecular weight is 239 g/mol. The Morgan fingerprint density at radius 3 is 2.35 bits per heavy atom. The Kier molecular flexibility index (Phi) is 4.87. The van der Waals surface area contributed by atoms with Crippen LogP contribution < -0.4 is 0 Å². The molecule has 2 fully saturated rings. The molecule has 0 spiro atoms. The summed E-state index contributed by atoms with van der Waals surface area (Å²) in [4.78, 5) is 2.58. The van der Waals surface area contributed by atoms with E-state index in [1.807, 2.05) is 0 Å². The highest BCUT2D eigenvalue weighted by atomic mass is 16.3. The van der Waals surface area contributed by atoms with Crippen LogP contribution >= 0.6 is 0 Å². The highest BCUT2D eigenvalue weighted by molar-refractivity contribution is 4.87. The third-order valence-electron chi connectivity index (χ3n) is 4.86. The SMILES string of the molecule is CC(C)C1CCN(C2CCCCCCC2O)C1. The van der Waals surface area contributed by atoms with Crippen molar-refractivity contribution in [2.24, 2.45) is 11.8 Å². The molecule has 0 bridgehead atoms. The average Bonchev–Trinajstić information content (AvgIpc) is 2.73. The molecule has 0 radical (unpaired) electrons. The minimum atomic E-state index is -0.0683. The van der Waals surface area contributed by atoms with Gasteiger partial charge in [-0.15, -0.1) is 0 Å². The zero-order chi connectivity index (χ0) is 12.3. The maximum absolute atomic E-state index is 10.3. The molecule has 1 aliphatic heterocycles. The maximum Gasteiger partial charge on any atom is 0.0695 e. The first-order valence-corrected chi connectivity index (χ1v) is 7.60. The van der Waals surface area contributed by atoms with Gasteiger partial charge in [0.1, 0.15) is 0 Å². The molecule has 0 aromatic rings. The zero-order valence-electron chi connectivity index (χ0n) is 11.6. The molecule has 0 amide bonds. The molecule has 3 unspecified atom stereocenters. The van der Waals surface area contributed by atoms with Crippen LogP contribution in [0.1, 0.15) is 58.8 Å². The van der Waals surface area contributed by atoms with E-state index in [0.29, 0.717) is 6.04 Å². The molecule has 17 heavy (non-hydrogen) atoms. The van der Waals surface area contributed by atoms with E-state index in [0.717, 1.165) is 18.3 Å². The second-order valence-corrected chi connectivity index (χ2v) is 6.41. The smallest absolute Gasteiger partial charge is 0.0695 e. The molecule has 1 saturated carbocycles. The third kappa shape index (κ3) is 3.45. The zero-order valence-corrected chi connectivity index (χ0v) is 11.6. The van der Waals surface area contributed by atoms with Gasteiger partial charge in [-0.05, 0) is 37.6 Å². The molecule has 2 heteroatoms. The predicted octanol–water partition coefficient (Wildman–Crippen LogP) is 3.05. The van der Waals surface area contributed by atoms with Crippen LogP contribution in [0.3, 0.4) is 0 Å². The summed E-state index contributed by atoms with van der Waals surface area (Å²) in [6, 6.07) is 0.457. The lowest BCUT2D eigenvalue weighted by molar-refractivity contribution is 0.0403. The number of nitrogens with zero attached hydrogens (tertiary/aromatic N) is 1. The first-order valence-electron chi connectivity index (χ1n) is 7.60. The van der Waals surface area contributed by atoms with Crippen LogP contribution in [0.4, 0.5) is 0 Å². The maximum atomic E-state index is 10.3. The Bertz CT molecular complexity index is 229. The largest absolute Gasteiger partial charge is 0.391 e. The van der Waals surface area contributed by atoms with Gasteiger partial charge >= 0.3 is 0 Å². The molecular formula is C15H29NO. The Balaban J connectivity index is 1.90. The lowest BCUT2D eigenvalue weighted by Crippen LogP contribution is -2.43. The summed E-state index contributed by atoms with van der Waals surface area (Å²) in [6.07, 6.45) is 8.72. The van der Waals surface area contributed by atoms with Crippen molar-refractivity contribution in [1.82, 2.24) is 4.90 Å². The fraction of sp³-hybridized carbons (Fsp3) is 1.00. The van der Waals surface area contributed by atoms with Crippen LogP contribution in [-0.2, 0) is 0 Å². The topological polar surface area (TPSA) is 23.5 Å². The summed E-state index contributed by atoms with van der Waals surface area (Å²) >= 11 is 0. The summed E-state index contributed by atoms with van der Waals surface area (Å²) in [5, 5.41) is 10.3. The quantitative estimate of drug-likeness (QED) is 0.800. The molecule has 2 aliphatic rings. The standard InChI is InChI=1S/C15H29NO/c1-12(2)13-9-10-16(11-13)14-7-5-3-4-6-8-15(14)17/h12-15,17H,3-11H2,1-2H3. The summed E-state index contributed by atoms with van der Waals surface area (Å²) in [7, 11) is 0. The van der Waals surface area contributed by atoms with Crippen LogP contribution in [0.2, 0.25) is 0 Å². The van der Waals surface area contributed by atoms with Gasteiger partial charge in [-0.25, -0.2) is 0 Å². The van der Waals surface area contributed by atoms with Gasteiger partial charge in [0.2, 0.25) is 0 Å². The lowest BCUT2D eigenvalue weighted by atomic mass is 9.92. The summed E-state index contributed by atoms with van der Waals surface area (Å²) in [6.45, 7) is 7.11. The van der Waals surface area contributed by atoms with Crippen LogP contribution in [0.15, 0.2) is 0 Å². The minimum Gasteiger partial charge on any atom is -0.391 e. The van der Waals surface area contributed by atoms with E-state index in [4.69, 9.17) is 0 Å². The molecular weight excluding hydrogens is 210 g/mol. The van der Waals surface area contributed by atoms with Gasteiger partial charge in [-0.1, -0.05) is 39.5 Å². The van der Waals surface area contributed by atoms with E-state index in [-0.39, 0.29) is 6.10 Å². The number of rotatable bonds is 2. The number of aliphatic hydroxyl groups is 1. The highest BCUT2D eigenvalue weighted by Gasteiger charge is 2.33. The van der Waals surface area contributed by atoms with E-state index in [2.05, 4.69) is 18.7 Å². The van der Waals surface area contributed by atoms with Crippen molar-refractivity contribution < 1.29 is 5.11 Å². The molecule has 1 aliphatic carbocycles. The van der Waals surface area contributed by atoms with Crippen LogP contribution in [-0.4, -0.2) is 35.2 Å². The fourth-order valence-corrected chi connectivity index (χ4v) is 3.53. The van der Waals surface area contributed by atoms with E-state index >= 15 is 0 Å². The van der Waals surface area contributed by atoms with Crippen LogP contribution in [0, 0.1) is 11.8 Å². The van der Waals surface area contributed by atoms with Crippen molar-refractivity contribution in [2.45, 2.75) is 70.9 Å². The summed E-state index contributed by atoms with van der Waals surface area (Å²) < 4.78 is 0. The number of hydrogen-bond acceptors (Lipinski definition) is 2. The molecule has 1 N–H and O–H groups in total. The highest BCUT2D eigenvalue weighted by Crippen LogP contribution is 2.29. The molecule has 100 valence electrons. The first-order chi connectivity index (χ1) is 8.18. The van der Waals surface area contributed by atoms with Crippen molar-refractivity contribution in [1.29, 1.82) is 0 Å². The Morgan fingerprint density at radius 2 is 1.71 bits per heavy atom. The van der Waals surface area contributed by atoms with Gasteiger partial charge < -0.3 is 5.11 Å². The summed E-state index contributed by atoms with van der Waals surface area (Å²) in [5.41, 5.74) is 0. The molecule has 0 aromatic carbocycles. The first kappa shape index (κ1) is 13.4. The van der Waals surface area contributed by atoms with E-state index in [9.17, 15) is 5.11 Å². The molecule has 1 saturated heterocycles.